The SMILES string of the molecule is Cc1nc2c(c(C)c(C)n2CC2CC2)c(C2=CC=C(Cl)CC2)c1[C@H](OC(C)(C)C)C(=O)O. The van der Waals surface area contributed by atoms with Crippen molar-refractivity contribution >= 4 is 34.2 Å². The molecule has 2 aliphatic rings. The molecule has 2 heterocycles. The van der Waals surface area contributed by atoms with Gasteiger partial charge in [-0.05, 0) is 95.9 Å². The van der Waals surface area contributed by atoms with Crippen LogP contribution in [0.4, 0.5) is 0 Å². The van der Waals surface area contributed by atoms with Crippen LogP contribution < -0.4 is 0 Å². The van der Waals surface area contributed by atoms with Crippen LogP contribution in [0.1, 0.15) is 80.6 Å². The number of rotatable bonds is 6. The lowest BCUT2D eigenvalue weighted by atomic mass is 9.87. The van der Waals surface area contributed by atoms with Crippen molar-refractivity contribution in [2.45, 2.75) is 85.5 Å². The minimum absolute atomic E-state index is 0.616. The summed E-state index contributed by atoms with van der Waals surface area (Å²) in [5.41, 5.74) is 6.11. The zero-order chi connectivity index (χ0) is 23.4. The van der Waals surface area contributed by atoms with E-state index >= 15 is 0 Å². The smallest absolute Gasteiger partial charge is 0.337 e. The average Bonchev–Trinajstić information content (AvgIpc) is 3.49. The third-order valence-corrected chi connectivity index (χ3v) is 6.81. The highest BCUT2D eigenvalue weighted by atomic mass is 35.5. The zero-order valence-electron chi connectivity index (χ0n) is 19.9. The first-order chi connectivity index (χ1) is 15.0. The predicted octanol–water partition coefficient (Wildman–Crippen LogP) is 6.61. The number of carboxylic acids is 1. The zero-order valence-corrected chi connectivity index (χ0v) is 20.6. The van der Waals surface area contributed by atoms with Crippen molar-refractivity contribution in [3.63, 3.8) is 0 Å². The normalized spacial score (nSPS) is 18.0. The van der Waals surface area contributed by atoms with Crippen LogP contribution in [0.15, 0.2) is 17.2 Å². The highest BCUT2D eigenvalue weighted by Crippen LogP contribution is 2.43. The van der Waals surface area contributed by atoms with E-state index in [0.29, 0.717) is 17.2 Å². The number of fused-ring (bicyclic) bond motifs is 1. The number of halogens is 1. The number of aliphatic carboxylic acids is 1. The van der Waals surface area contributed by atoms with Crippen LogP contribution in [0.3, 0.4) is 0 Å². The van der Waals surface area contributed by atoms with Gasteiger partial charge in [-0.3, -0.25) is 0 Å². The minimum atomic E-state index is -1.10. The lowest BCUT2D eigenvalue weighted by Crippen LogP contribution is -2.29. The van der Waals surface area contributed by atoms with Crippen molar-refractivity contribution in [3.8, 4) is 0 Å². The molecule has 0 spiro atoms. The Morgan fingerprint density at radius 1 is 1.25 bits per heavy atom. The molecule has 4 rings (SSSR count). The average molecular weight is 457 g/mol. The summed E-state index contributed by atoms with van der Waals surface area (Å²) in [5, 5.41) is 12.1. The van der Waals surface area contributed by atoms with Crippen LogP contribution in [0.5, 0.6) is 0 Å². The molecule has 6 heteroatoms. The van der Waals surface area contributed by atoms with Gasteiger partial charge in [0.05, 0.1) is 5.60 Å². The summed E-state index contributed by atoms with van der Waals surface area (Å²) in [7, 11) is 0. The van der Waals surface area contributed by atoms with Crippen LogP contribution in [0.25, 0.3) is 16.6 Å². The Bertz CT molecular complexity index is 1150. The Morgan fingerprint density at radius 3 is 2.47 bits per heavy atom. The number of ether oxygens (including phenoxy) is 1. The van der Waals surface area contributed by atoms with E-state index in [1.165, 1.54) is 18.5 Å². The van der Waals surface area contributed by atoms with Gasteiger partial charge in [-0.1, -0.05) is 17.7 Å². The van der Waals surface area contributed by atoms with E-state index in [1.54, 1.807) is 0 Å². The van der Waals surface area contributed by atoms with Crippen LogP contribution in [0, 0.1) is 26.7 Å². The maximum atomic E-state index is 12.5. The molecule has 2 aromatic heterocycles. The number of pyridine rings is 1. The summed E-state index contributed by atoms with van der Waals surface area (Å²) in [6, 6.07) is 0. The summed E-state index contributed by atoms with van der Waals surface area (Å²) in [6.45, 7) is 12.8. The maximum absolute atomic E-state index is 12.5. The molecule has 32 heavy (non-hydrogen) atoms. The fourth-order valence-corrected chi connectivity index (χ4v) is 4.80. The first-order valence-corrected chi connectivity index (χ1v) is 11.8. The van der Waals surface area contributed by atoms with E-state index < -0.39 is 17.7 Å². The third-order valence-electron chi connectivity index (χ3n) is 6.50. The highest BCUT2D eigenvalue weighted by Gasteiger charge is 2.34. The van der Waals surface area contributed by atoms with E-state index in [2.05, 4.69) is 18.4 Å². The largest absolute Gasteiger partial charge is 0.479 e. The van der Waals surface area contributed by atoms with Gasteiger partial charge in [-0.25, -0.2) is 9.78 Å². The Kier molecular flexibility index (Phi) is 6.01. The van der Waals surface area contributed by atoms with Crippen molar-refractivity contribution in [1.82, 2.24) is 9.55 Å². The third kappa shape index (κ3) is 4.38. The van der Waals surface area contributed by atoms with Gasteiger partial charge < -0.3 is 14.4 Å². The van der Waals surface area contributed by atoms with Gasteiger partial charge in [0.2, 0.25) is 0 Å². The Balaban J connectivity index is 2.05. The van der Waals surface area contributed by atoms with E-state index in [9.17, 15) is 9.90 Å². The van der Waals surface area contributed by atoms with Gasteiger partial charge in [-0.2, -0.15) is 0 Å². The fourth-order valence-electron chi connectivity index (χ4n) is 4.64. The molecule has 0 saturated heterocycles. The summed E-state index contributed by atoms with van der Waals surface area (Å²) in [4.78, 5) is 17.4. The second kappa shape index (κ2) is 8.35. The van der Waals surface area contributed by atoms with Crippen molar-refractivity contribution in [2.75, 3.05) is 0 Å². The Hall–Kier alpha value is -2.11. The summed E-state index contributed by atoms with van der Waals surface area (Å²) >= 11 is 6.26. The lowest BCUT2D eigenvalue weighted by molar-refractivity contribution is -0.160. The molecule has 1 fully saturated rings. The predicted molar refractivity (Wildman–Crippen MR) is 129 cm³/mol. The van der Waals surface area contributed by atoms with Crippen molar-refractivity contribution in [1.29, 1.82) is 0 Å². The van der Waals surface area contributed by atoms with Gasteiger partial charge in [0.15, 0.2) is 6.10 Å². The molecule has 5 nitrogen and oxygen atoms in total. The highest BCUT2D eigenvalue weighted by molar-refractivity contribution is 6.30. The molecule has 1 saturated carbocycles. The summed E-state index contributed by atoms with van der Waals surface area (Å²) < 4.78 is 8.43. The number of carboxylic acid groups (broad SMARTS) is 1. The van der Waals surface area contributed by atoms with Crippen molar-refractivity contribution in [3.05, 3.63) is 45.3 Å². The number of allylic oxidation sites excluding steroid dienone is 4. The van der Waals surface area contributed by atoms with Crippen LogP contribution in [-0.2, 0) is 16.1 Å². The van der Waals surface area contributed by atoms with Crippen LogP contribution in [-0.4, -0.2) is 26.2 Å². The number of aryl methyl sites for hydroxylation is 2. The standard InChI is InChI=1S/C26H33ClN2O3/c1-14-16(3)29(13-17-7-8-17)24-20(14)22(18-9-11-19(27)12-10-18)21(15(2)28-24)23(25(30)31)32-26(4,5)6/h9,11,17,23H,7-8,10,12-13H2,1-6H3,(H,30,31)/t23-/m0/s1. The second-order valence-electron chi connectivity index (χ2n) is 10.2. The molecule has 0 radical (unpaired) electrons. The molecule has 0 aliphatic heterocycles. The quantitative estimate of drug-likeness (QED) is 0.531. The van der Waals surface area contributed by atoms with Crippen LogP contribution >= 0.6 is 11.6 Å². The molecule has 1 N–H and O–H groups in total. The number of hydrogen-bond donors (Lipinski definition) is 1. The summed E-state index contributed by atoms with van der Waals surface area (Å²) in [5.74, 6) is -0.289. The van der Waals surface area contributed by atoms with Crippen molar-refractivity contribution < 1.29 is 14.6 Å². The van der Waals surface area contributed by atoms with Crippen molar-refractivity contribution in [2.24, 2.45) is 5.92 Å². The van der Waals surface area contributed by atoms with Gasteiger partial charge in [-0.15, -0.1) is 0 Å². The van der Waals surface area contributed by atoms with Gasteiger partial charge >= 0.3 is 5.97 Å². The van der Waals surface area contributed by atoms with Gasteiger partial charge in [0.1, 0.15) is 5.65 Å². The molecule has 0 amide bonds. The fraction of sp³-hybridized carbons (Fsp3) is 0.538. The number of aromatic nitrogens is 2. The molecular weight excluding hydrogens is 424 g/mol. The first-order valence-electron chi connectivity index (χ1n) is 11.4. The maximum Gasteiger partial charge on any atom is 0.337 e. The second-order valence-corrected chi connectivity index (χ2v) is 10.7. The molecule has 0 aromatic carbocycles. The Morgan fingerprint density at radius 2 is 1.94 bits per heavy atom. The molecule has 172 valence electrons. The van der Waals surface area contributed by atoms with E-state index in [-0.39, 0.29) is 0 Å². The van der Waals surface area contributed by atoms with E-state index in [4.69, 9.17) is 21.3 Å². The molecule has 1 atom stereocenters. The number of hydrogen-bond acceptors (Lipinski definition) is 3. The molecule has 2 aliphatic carbocycles. The van der Waals surface area contributed by atoms with Crippen LogP contribution in [0.2, 0.25) is 0 Å². The number of nitrogens with zero attached hydrogens (tertiary/aromatic N) is 2. The van der Waals surface area contributed by atoms with E-state index in [1.807, 2.05) is 39.8 Å². The molecule has 0 unspecified atom stereocenters. The first kappa shape index (κ1) is 23.1. The molecular formula is C26H33ClN2O3. The van der Waals surface area contributed by atoms with Gasteiger partial charge in [0.25, 0.3) is 0 Å². The monoisotopic (exact) mass is 456 g/mol. The topological polar surface area (TPSA) is 64.4 Å². The summed E-state index contributed by atoms with van der Waals surface area (Å²) in [6.07, 6.45) is 6.88. The van der Waals surface area contributed by atoms with E-state index in [0.717, 1.165) is 52.2 Å². The molecule has 0 bridgehead atoms. The van der Waals surface area contributed by atoms with Gasteiger partial charge in [0, 0.05) is 33.9 Å². The Labute approximate surface area is 195 Å². The molecule has 2 aromatic rings. The minimum Gasteiger partial charge on any atom is -0.479 e. The lowest BCUT2D eigenvalue weighted by Gasteiger charge is -2.28. The number of carbonyl (C=O) groups is 1.